The van der Waals surface area contributed by atoms with Crippen molar-refractivity contribution in [1.29, 1.82) is 0 Å². The van der Waals surface area contributed by atoms with Gasteiger partial charge in [0.25, 0.3) is 5.91 Å². The normalized spacial score (nSPS) is 17.5. The van der Waals surface area contributed by atoms with Crippen LogP contribution in [0.3, 0.4) is 0 Å². The van der Waals surface area contributed by atoms with E-state index in [1.165, 1.54) is 10.9 Å². The zero-order chi connectivity index (χ0) is 18.1. The van der Waals surface area contributed by atoms with Gasteiger partial charge in [-0.25, -0.2) is 4.98 Å². The number of aryl methyl sites for hydroxylation is 2. The van der Waals surface area contributed by atoms with Crippen LogP contribution in [-0.2, 0) is 7.05 Å². The number of anilines is 1. The molecule has 1 amide bonds. The van der Waals surface area contributed by atoms with E-state index in [2.05, 4.69) is 40.4 Å². The number of carbonyl (C=O) groups excluding carboxylic acids is 1. The van der Waals surface area contributed by atoms with Gasteiger partial charge in [0.05, 0.1) is 5.52 Å². The molecule has 1 fully saturated rings. The Morgan fingerprint density at radius 1 is 1.27 bits per heavy atom. The van der Waals surface area contributed by atoms with Gasteiger partial charge in [-0.05, 0) is 43.5 Å². The van der Waals surface area contributed by atoms with E-state index in [1.54, 1.807) is 24.0 Å². The molecule has 26 heavy (non-hydrogen) atoms. The molecule has 3 heterocycles. The SMILES string of the molecule is Cc1cc(N2CCCC(NC(=O)c3ccnn3C)C2)nc2ccccc12. The average Bonchev–Trinajstić information content (AvgIpc) is 3.08. The Balaban J connectivity index is 1.52. The van der Waals surface area contributed by atoms with Crippen LogP contribution in [0, 0.1) is 6.92 Å². The first-order valence-electron chi connectivity index (χ1n) is 9.02. The van der Waals surface area contributed by atoms with E-state index in [1.807, 2.05) is 12.1 Å². The molecule has 1 aromatic carbocycles. The molecule has 1 unspecified atom stereocenters. The number of para-hydroxylation sites is 1. The highest BCUT2D eigenvalue weighted by Gasteiger charge is 2.24. The zero-order valence-corrected chi connectivity index (χ0v) is 15.1. The zero-order valence-electron chi connectivity index (χ0n) is 15.1. The maximum absolute atomic E-state index is 12.5. The first-order chi connectivity index (χ1) is 12.6. The van der Waals surface area contributed by atoms with Crippen LogP contribution >= 0.6 is 0 Å². The standard InChI is InChI=1S/C20H23N5O/c1-14-12-19(23-17-8-4-3-7-16(14)17)25-11-5-6-15(13-25)22-20(26)18-9-10-21-24(18)2/h3-4,7-10,12,15H,5-6,11,13H2,1-2H3,(H,22,26). The van der Waals surface area contributed by atoms with Gasteiger partial charge < -0.3 is 10.2 Å². The van der Waals surface area contributed by atoms with Gasteiger partial charge in [-0.3, -0.25) is 9.48 Å². The summed E-state index contributed by atoms with van der Waals surface area (Å²) in [6.45, 7) is 3.86. The van der Waals surface area contributed by atoms with Crippen LogP contribution in [0.25, 0.3) is 10.9 Å². The lowest BCUT2D eigenvalue weighted by Gasteiger charge is -2.34. The van der Waals surface area contributed by atoms with Crippen molar-refractivity contribution in [2.24, 2.45) is 7.05 Å². The summed E-state index contributed by atoms with van der Waals surface area (Å²) >= 11 is 0. The van der Waals surface area contributed by atoms with Gasteiger partial charge in [-0.2, -0.15) is 5.10 Å². The van der Waals surface area contributed by atoms with Crippen molar-refractivity contribution in [2.45, 2.75) is 25.8 Å². The number of benzene rings is 1. The summed E-state index contributed by atoms with van der Waals surface area (Å²) in [6, 6.07) is 12.2. The third kappa shape index (κ3) is 3.14. The molecule has 1 aliphatic rings. The number of carbonyl (C=O) groups is 1. The molecule has 6 nitrogen and oxygen atoms in total. The van der Waals surface area contributed by atoms with Crippen molar-refractivity contribution < 1.29 is 4.79 Å². The maximum atomic E-state index is 12.5. The largest absolute Gasteiger partial charge is 0.355 e. The van der Waals surface area contributed by atoms with Gasteiger partial charge in [0.1, 0.15) is 11.5 Å². The quantitative estimate of drug-likeness (QED) is 0.790. The van der Waals surface area contributed by atoms with Gasteiger partial charge in [0.15, 0.2) is 0 Å². The molecule has 0 bridgehead atoms. The van der Waals surface area contributed by atoms with Crippen LogP contribution < -0.4 is 10.2 Å². The highest BCUT2D eigenvalue weighted by atomic mass is 16.2. The molecule has 1 N–H and O–H groups in total. The number of hydrogen-bond acceptors (Lipinski definition) is 4. The summed E-state index contributed by atoms with van der Waals surface area (Å²) in [7, 11) is 1.78. The monoisotopic (exact) mass is 349 g/mol. The summed E-state index contributed by atoms with van der Waals surface area (Å²) in [4.78, 5) is 19.6. The number of hydrogen-bond donors (Lipinski definition) is 1. The Hall–Kier alpha value is -2.89. The van der Waals surface area contributed by atoms with E-state index >= 15 is 0 Å². The fourth-order valence-corrected chi connectivity index (χ4v) is 3.65. The average molecular weight is 349 g/mol. The predicted octanol–water partition coefficient (Wildman–Crippen LogP) is 2.68. The fourth-order valence-electron chi connectivity index (χ4n) is 3.65. The van der Waals surface area contributed by atoms with Gasteiger partial charge in [-0.15, -0.1) is 0 Å². The van der Waals surface area contributed by atoms with Crippen molar-refractivity contribution >= 4 is 22.6 Å². The second kappa shape index (κ2) is 6.78. The molecule has 0 aliphatic carbocycles. The number of pyridine rings is 1. The number of fused-ring (bicyclic) bond motifs is 1. The summed E-state index contributed by atoms with van der Waals surface area (Å²) in [5.74, 6) is 0.917. The van der Waals surface area contributed by atoms with Crippen molar-refractivity contribution in [2.75, 3.05) is 18.0 Å². The van der Waals surface area contributed by atoms with Crippen molar-refractivity contribution in [3.8, 4) is 0 Å². The molecule has 0 saturated carbocycles. The number of amides is 1. The Labute approximate surface area is 152 Å². The van der Waals surface area contributed by atoms with Gasteiger partial charge in [-0.1, -0.05) is 18.2 Å². The minimum Gasteiger partial charge on any atom is -0.355 e. The van der Waals surface area contributed by atoms with E-state index in [9.17, 15) is 4.79 Å². The Morgan fingerprint density at radius 2 is 2.12 bits per heavy atom. The fraction of sp³-hybridized carbons (Fsp3) is 0.350. The molecule has 0 radical (unpaired) electrons. The maximum Gasteiger partial charge on any atom is 0.269 e. The minimum atomic E-state index is -0.0699. The number of rotatable bonds is 3. The second-order valence-corrected chi connectivity index (χ2v) is 6.91. The lowest BCUT2D eigenvalue weighted by atomic mass is 10.0. The van der Waals surface area contributed by atoms with Crippen LogP contribution in [0.15, 0.2) is 42.6 Å². The molecule has 0 spiro atoms. The van der Waals surface area contributed by atoms with Crippen LogP contribution in [-0.4, -0.2) is 39.8 Å². The van der Waals surface area contributed by atoms with Crippen molar-refractivity contribution in [1.82, 2.24) is 20.1 Å². The topological polar surface area (TPSA) is 63.1 Å². The Bertz CT molecular complexity index is 948. The third-order valence-electron chi connectivity index (χ3n) is 5.04. The molecular formula is C20H23N5O. The number of piperidine rings is 1. The number of nitrogens with zero attached hydrogens (tertiary/aromatic N) is 4. The van der Waals surface area contributed by atoms with Crippen LogP contribution in [0.4, 0.5) is 5.82 Å². The van der Waals surface area contributed by atoms with E-state index in [-0.39, 0.29) is 11.9 Å². The van der Waals surface area contributed by atoms with Gasteiger partial charge >= 0.3 is 0 Å². The molecule has 6 heteroatoms. The van der Waals surface area contributed by atoms with E-state index in [0.29, 0.717) is 5.69 Å². The first-order valence-corrected chi connectivity index (χ1v) is 9.02. The van der Waals surface area contributed by atoms with E-state index in [0.717, 1.165) is 37.3 Å². The number of nitrogens with one attached hydrogen (secondary N) is 1. The molecule has 4 rings (SSSR count). The van der Waals surface area contributed by atoms with Gasteiger partial charge in [0, 0.05) is 37.8 Å². The second-order valence-electron chi connectivity index (χ2n) is 6.91. The molecule has 134 valence electrons. The molecule has 3 aromatic rings. The highest BCUT2D eigenvalue weighted by molar-refractivity contribution is 5.92. The first kappa shape index (κ1) is 16.6. The number of aromatic nitrogens is 3. The molecule has 1 saturated heterocycles. The minimum absolute atomic E-state index is 0.0699. The molecule has 2 aromatic heterocycles. The van der Waals surface area contributed by atoms with Crippen LogP contribution in [0.2, 0.25) is 0 Å². The van der Waals surface area contributed by atoms with Crippen molar-refractivity contribution in [3.63, 3.8) is 0 Å². The third-order valence-corrected chi connectivity index (χ3v) is 5.04. The predicted molar refractivity (Wildman–Crippen MR) is 102 cm³/mol. The van der Waals surface area contributed by atoms with Crippen molar-refractivity contribution in [3.05, 3.63) is 53.9 Å². The summed E-state index contributed by atoms with van der Waals surface area (Å²) in [5.41, 5.74) is 2.83. The Morgan fingerprint density at radius 3 is 2.92 bits per heavy atom. The molecule has 1 atom stereocenters. The lowest BCUT2D eigenvalue weighted by Crippen LogP contribution is -2.48. The van der Waals surface area contributed by atoms with E-state index < -0.39 is 0 Å². The van der Waals surface area contributed by atoms with Gasteiger partial charge in [0.2, 0.25) is 0 Å². The smallest absolute Gasteiger partial charge is 0.269 e. The van der Waals surface area contributed by atoms with Crippen LogP contribution in [0.5, 0.6) is 0 Å². The summed E-state index contributed by atoms with van der Waals surface area (Å²) in [6.07, 6.45) is 3.65. The molecule has 1 aliphatic heterocycles. The summed E-state index contributed by atoms with van der Waals surface area (Å²) < 4.78 is 1.60. The summed E-state index contributed by atoms with van der Waals surface area (Å²) in [5, 5.41) is 8.40. The Kier molecular flexibility index (Phi) is 4.32. The van der Waals surface area contributed by atoms with Crippen LogP contribution in [0.1, 0.15) is 28.9 Å². The lowest BCUT2D eigenvalue weighted by molar-refractivity contribution is 0.0923. The molecular weight excluding hydrogens is 326 g/mol. The van der Waals surface area contributed by atoms with E-state index in [4.69, 9.17) is 4.98 Å². The highest BCUT2D eigenvalue weighted by Crippen LogP contribution is 2.24.